The molecule has 0 aromatic heterocycles. The first-order valence-electron chi connectivity index (χ1n) is 17.2. The third-order valence-corrected chi connectivity index (χ3v) is 7.06. The third kappa shape index (κ3) is 25.6. The number of carbonyl (C=O) groups excluding carboxylic acids is 2. The molecule has 1 saturated carbocycles. The first kappa shape index (κ1) is 54.6. The van der Waals surface area contributed by atoms with Crippen LogP contribution in [0.2, 0.25) is 0 Å². The Kier molecular flexibility index (Phi) is 30.8. The maximum atomic E-state index is 12.8. The van der Waals surface area contributed by atoms with Gasteiger partial charge in [0.1, 0.15) is 30.0 Å². The lowest BCUT2D eigenvalue weighted by atomic mass is 9.88. The minimum atomic E-state index is -5.50. The number of ketones is 1. The van der Waals surface area contributed by atoms with Crippen LogP contribution in [0.15, 0.2) is 91.0 Å². The van der Waals surface area contributed by atoms with Gasteiger partial charge < -0.3 is 29.2 Å². The molecule has 1 aliphatic carbocycles. The van der Waals surface area contributed by atoms with E-state index >= 15 is 0 Å². The van der Waals surface area contributed by atoms with Crippen LogP contribution in [0.3, 0.4) is 0 Å². The van der Waals surface area contributed by atoms with Crippen LogP contribution in [-0.4, -0.2) is 73.9 Å². The van der Waals surface area contributed by atoms with Crippen LogP contribution in [-0.2, 0) is 28.5 Å². The molecule has 56 heavy (non-hydrogen) atoms. The van der Waals surface area contributed by atoms with E-state index in [0.717, 1.165) is 24.3 Å². The number of esters is 1. The van der Waals surface area contributed by atoms with E-state index in [2.05, 4.69) is 48.9 Å². The van der Waals surface area contributed by atoms with Crippen molar-refractivity contribution in [1.82, 2.24) is 0 Å². The molecule has 0 spiro atoms. The standard InChI is InChI=1S/C13H12O2.C9H14F6O3.C9H14O3.C6H5I.CH4O2.CH4/c1-3-7-12(8-4-1)14-11-15-13-9-5-2-6-10-13;1-3-5-16-7(10,11)8(12,13)18-9(14,15)17-6-4-2;1-2-12-9(11)7-5-3-4-6-8(7)10;7-6-4-2-1-3-5-6;2-1-3;/h1-10H,11H2;3-6H2,1-2H3;7H,2-6H2,1H3;1-5H;2-3H,1H2;1H4. The highest BCUT2D eigenvalue weighted by Gasteiger charge is 2.64. The van der Waals surface area contributed by atoms with Gasteiger partial charge in [0.2, 0.25) is 6.79 Å². The molecule has 1 unspecified atom stereocenters. The Balaban J connectivity index is 0. The van der Waals surface area contributed by atoms with E-state index in [1.165, 1.54) is 17.4 Å². The first-order valence-corrected chi connectivity index (χ1v) is 18.3. The molecule has 1 atom stereocenters. The van der Waals surface area contributed by atoms with Gasteiger partial charge in [0.25, 0.3) is 0 Å². The maximum absolute atomic E-state index is 12.8. The number of ether oxygens (including phenoxy) is 6. The highest BCUT2D eigenvalue weighted by atomic mass is 127. The molecule has 0 amide bonds. The Hall–Kier alpha value is -3.49. The van der Waals surface area contributed by atoms with E-state index in [1.807, 2.05) is 78.9 Å². The molecule has 10 nitrogen and oxygen atoms in total. The summed E-state index contributed by atoms with van der Waals surface area (Å²) in [6.45, 7) is 3.06. The van der Waals surface area contributed by atoms with Gasteiger partial charge in [0, 0.05) is 9.99 Å². The summed E-state index contributed by atoms with van der Waals surface area (Å²) in [4.78, 5) is 22.4. The third-order valence-electron chi connectivity index (χ3n) is 6.34. The molecule has 1 fully saturated rings. The Morgan fingerprint density at radius 2 is 1.18 bits per heavy atom. The van der Waals surface area contributed by atoms with Gasteiger partial charge in [-0.05, 0) is 91.6 Å². The molecule has 318 valence electrons. The fourth-order valence-corrected chi connectivity index (χ4v) is 4.28. The summed E-state index contributed by atoms with van der Waals surface area (Å²) < 4.78 is 103. The van der Waals surface area contributed by atoms with E-state index in [4.69, 9.17) is 24.4 Å². The van der Waals surface area contributed by atoms with Crippen molar-refractivity contribution >= 4 is 34.3 Å². The molecule has 0 heterocycles. The molecule has 4 rings (SSSR count). The van der Waals surface area contributed by atoms with Crippen LogP contribution in [0, 0.1) is 9.49 Å². The zero-order valence-corrected chi connectivity index (χ0v) is 33.0. The van der Waals surface area contributed by atoms with Crippen molar-refractivity contribution in [2.24, 2.45) is 5.92 Å². The molecule has 3 aromatic rings. The van der Waals surface area contributed by atoms with Gasteiger partial charge >= 0.3 is 24.5 Å². The van der Waals surface area contributed by atoms with E-state index in [-0.39, 0.29) is 38.8 Å². The van der Waals surface area contributed by atoms with Crippen LogP contribution in [0.4, 0.5) is 26.3 Å². The second-order valence-corrected chi connectivity index (χ2v) is 12.0. The van der Waals surface area contributed by atoms with Gasteiger partial charge in [0.05, 0.1) is 19.8 Å². The number of hydrogen-bond acceptors (Lipinski definition) is 10. The molecule has 2 N–H and O–H groups in total. The van der Waals surface area contributed by atoms with Crippen molar-refractivity contribution in [1.29, 1.82) is 0 Å². The van der Waals surface area contributed by atoms with Crippen LogP contribution < -0.4 is 9.47 Å². The quantitative estimate of drug-likeness (QED) is 0.0500. The number of halogens is 7. The molecule has 0 saturated heterocycles. The first-order chi connectivity index (χ1) is 26.1. The average molecular weight is 923 g/mol. The Bertz CT molecular complexity index is 1360. The summed E-state index contributed by atoms with van der Waals surface area (Å²) in [6.07, 6.45) is -12.3. The zero-order chi connectivity index (χ0) is 41.6. The number of Topliss-reactive ketones (excluding diaryl/α,β-unsaturated/α-hetero) is 1. The second-order valence-electron chi connectivity index (χ2n) is 10.8. The average Bonchev–Trinajstić information content (AvgIpc) is 3.15. The molecular formula is C39H53F6IO10. The molecule has 0 radical (unpaired) electrons. The fourth-order valence-electron chi connectivity index (χ4n) is 3.86. The topological polar surface area (TPSA) is 130 Å². The molecule has 3 aromatic carbocycles. The van der Waals surface area contributed by atoms with Crippen LogP contribution in [0.25, 0.3) is 0 Å². The van der Waals surface area contributed by atoms with Crippen molar-refractivity contribution in [3.05, 3.63) is 94.6 Å². The minimum absolute atomic E-state index is 0. The monoisotopic (exact) mass is 922 g/mol. The van der Waals surface area contributed by atoms with Gasteiger partial charge in [-0.3, -0.25) is 14.3 Å². The molecule has 1 aliphatic rings. The van der Waals surface area contributed by atoms with E-state index in [1.54, 1.807) is 6.92 Å². The number of aliphatic hydroxyl groups is 2. The summed E-state index contributed by atoms with van der Waals surface area (Å²) in [6, 6.07) is 29.4. The number of benzene rings is 3. The zero-order valence-electron chi connectivity index (χ0n) is 30.8. The number of carbonyl (C=O) groups is 2. The lowest BCUT2D eigenvalue weighted by molar-refractivity contribution is -0.526. The summed E-state index contributed by atoms with van der Waals surface area (Å²) in [7, 11) is 0. The number of rotatable bonds is 15. The summed E-state index contributed by atoms with van der Waals surface area (Å²) in [5.74, 6) is 0.891. The van der Waals surface area contributed by atoms with Gasteiger partial charge in [0.15, 0.2) is 0 Å². The normalized spacial score (nSPS) is 13.6. The van der Waals surface area contributed by atoms with Gasteiger partial charge in [-0.15, -0.1) is 8.78 Å². The lowest BCUT2D eigenvalue weighted by Crippen LogP contribution is -2.49. The van der Waals surface area contributed by atoms with Gasteiger partial charge in [-0.2, -0.15) is 17.6 Å². The van der Waals surface area contributed by atoms with Crippen LogP contribution in [0.5, 0.6) is 11.5 Å². The fraction of sp³-hybridized carbons (Fsp3) is 0.487. The molecule has 0 bridgehead atoms. The second kappa shape index (κ2) is 31.6. The van der Waals surface area contributed by atoms with Crippen LogP contribution >= 0.6 is 22.6 Å². The molecule has 0 aliphatic heterocycles. The highest BCUT2D eigenvalue weighted by Crippen LogP contribution is 2.40. The summed E-state index contributed by atoms with van der Waals surface area (Å²) in [5, 5.41) is 14.2. The van der Waals surface area contributed by atoms with Crippen molar-refractivity contribution in [3.8, 4) is 11.5 Å². The molecule has 17 heteroatoms. The smallest absolute Gasteiger partial charge is 0.465 e. The number of aliphatic hydroxyl groups excluding tert-OH is 1. The highest BCUT2D eigenvalue weighted by molar-refractivity contribution is 14.1. The van der Waals surface area contributed by atoms with Crippen molar-refractivity contribution in [3.63, 3.8) is 0 Å². The Morgan fingerprint density at radius 3 is 1.57 bits per heavy atom. The van der Waals surface area contributed by atoms with Gasteiger partial charge in [-0.1, -0.05) is 82.3 Å². The maximum Gasteiger partial charge on any atom is 0.490 e. The molecular weight excluding hydrogens is 869 g/mol. The minimum Gasteiger partial charge on any atom is -0.465 e. The van der Waals surface area contributed by atoms with Crippen molar-refractivity contribution in [2.75, 3.05) is 33.4 Å². The number of alkyl halides is 6. The number of hydrogen-bond donors (Lipinski definition) is 2. The summed E-state index contributed by atoms with van der Waals surface area (Å²) in [5.41, 5.74) is 0. The Morgan fingerprint density at radius 1 is 0.732 bits per heavy atom. The number of para-hydroxylation sites is 2. The Labute approximate surface area is 338 Å². The summed E-state index contributed by atoms with van der Waals surface area (Å²) >= 11 is 2.28. The SMILES string of the molecule is C.CCCOC(F)(F)OC(F)(F)C(F)(F)OCCC.CCOC(=O)C1CCCCC1=O.Ic1ccccc1.OCO.c1ccc(OCOc2ccccc2)cc1. The largest absolute Gasteiger partial charge is 0.490 e. The predicted molar refractivity (Wildman–Crippen MR) is 206 cm³/mol. The van der Waals surface area contributed by atoms with E-state index in [9.17, 15) is 35.9 Å². The predicted octanol–water partition coefficient (Wildman–Crippen LogP) is 9.86. The lowest BCUT2D eigenvalue weighted by Gasteiger charge is -2.28. The van der Waals surface area contributed by atoms with E-state index < -0.39 is 44.4 Å². The van der Waals surface area contributed by atoms with Gasteiger partial charge in [-0.25, -0.2) is 4.74 Å². The van der Waals surface area contributed by atoms with Crippen LogP contribution in [0.1, 0.15) is 66.7 Å². The van der Waals surface area contributed by atoms with Crippen molar-refractivity contribution < 1.29 is 74.6 Å². The van der Waals surface area contributed by atoms with E-state index in [0.29, 0.717) is 19.4 Å². The van der Waals surface area contributed by atoms with Crippen molar-refractivity contribution in [2.45, 2.75) is 85.2 Å².